The van der Waals surface area contributed by atoms with E-state index >= 15 is 0 Å². The Balaban J connectivity index is 0.929. The van der Waals surface area contributed by atoms with E-state index in [-0.39, 0.29) is 68.2 Å². The SMILES string of the molecule is Cc1ccc(-n2nc3c(=O)n(CCCC(=O)NCCOCCNc4cccc5c4C(=O)N(C4CCC(=O)NC4=O)C5=O)nc(C)c3c2C)cc1. The number of nitrogens with one attached hydrogen (secondary N) is 3. The van der Waals surface area contributed by atoms with Crippen LogP contribution in [-0.4, -0.2) is 86.3 Å². The maximum atomic E-state index is 13.2. The first-order valence-corrected chi connectivity index (χ1v) is 16.5. The van der Waals surface area contributed by atoms with Gasteiger partial charge in [0.15, 0.2) is 5.52 Å². The average molecular weight is 683 g/mol. The molecule has 0 spiro atoms. The first kappa shape index (κ1) is 34.2. The van der Waals surface area contributed by atoms with Gasteiger partial charge in [-0.3, -0.25) is 39.0 Å². The van der Waals surface area contributed by atoms with E-state index in [1.807, 2.05) is 45.0 Å². The van der Waals surface area contributed by atoms with Gasteiger partial charge in [0.25, 0.3) is 17.4 Å². The van der Waals surface area contributed by atoms with E-state index in [4.69, 9.17) is 4.74 Å². The van der Waals surface area contributed by atoms with Crippen LogP contribution in [0, 0.1) is 20.8 Å². The molecule has 0 radical (unpaired) electrons. The number of aromatic nitrogens is 4. The van der Waals surface area contributed by atoms with Gasteiger partial charge in [-0.25, -0.2) is 9.36 Å². The van der Waals surface area contributed by atoms with Crippen LogP contribution < -0.4 is 21.5 Å². The molecule has 2 aromatic heterocycles. The van der Waals surface area contributed by atoms with Crippen molar-refractivity contribution in [2.24, 2.45) is 0 Å². The lowest BCUT2D eigenvalue weighted by atomic mass is 10.0. The smallest absolute Gasteiger partial charge is 0.295 e. The number of carbonyl (C=O) groups is 5. The monoisotopic (exact) mass is 682 g/mol. The van der Waals surface area contributed by atoms with Crippen LogP contribution in [-0.2, 0) is 25.7 Å². The molecule has 6 rings (SSSR count). The standard InChI is InChI=1S/C35H38N8O7/c1-20-9-11-23(12-10-20)43-22(3)29-21(2)39-41(35(49)31(29)40-43)17-5-8-27(44)37-16-19-50-18-15-36-25-7-4-6-24-30(25)34(48)42(33(24)47)26-13-14-28(45)38-32(26)46/h4,6-7,9-12,26,36H,5,8,13-19H2,1-3H3,(H,37,44)(H,38,45,46). The van der Waals surface area contributed by atoms with Crippen molar-refractivity contribution in [3.63, 3.8) is 0 Å². The predicted molar refractivity (Wildman–Crippen MR) is 182 cm³/mol. The zero-order valence-corrected chi connectivity index (χ0v) is 28.1. The third-order valence-corrected chi connectivity index (χ3v) is 8.84. The Kier molecular flexibility index (Phi) is 9.86. The van der Waals surface area contributed by atoms with Crippen LogP contribution >= 0.6 is 0 Å². The van der Waals surface area contributed by atoms with Crippen molar-refractivity contribution in [2.45, 2.75) is 59.0 Å². The molecule has 260 valence electrons. The Labute approximate surface area is 287 Å². The Morgan fingerprint density at radius 1 is 0.960 bits per heavy atom. The second kappa shape index (κ2) is 14.4. The number of nitrogens with zero attached hydrogens (tertiary/aromatic N) is 5. The summed E-state index contributed by atoms with van der Waals surface area (Å²) in [6.07, 6.45) is 0.740. The fourth-order valence-corrected chi connectivity index (χ4v) is 6.34. The number of imide groups is 2. The number of amides is 5. The predicted octanol–water partition coefficient (Wildman–Crippen LogP) is 1.93. The Hall–Kier alpha value is -5.70. The number of carbonyl (C=O) groups excluding carboxylic acids is 5. The van der Waals surface area contributed by atoms with E-state index < -0.39 is 29.7 Å². The lowest BCUT2D eigenvalue weighted by Gasteiger charge is -2.27. The summed E-state index contributed by atoms with van der Waals surface area (Å²) in [6.45, 7) is 7.15. The molecule has 1 saturated heterocycles. The van der Waals surface area contributed by atoms with Crippen molar-refractivity contribution in [3.8, 4) is 5.69 Å². The molecule has 2 aliphatic rings. The maximum absolute atomic E-state index is 13.2. The van der Waals surface area contributed by atoms with Gasteiger partial charge in [0.1, 0.15) is 6.04 Å². The molecule has 1 atom stereocenters. The normalized spacial score (nSPS) is 15.8. The molecule has 4 aromatic rings. The first-order valence-electron chi connectivity index (χ1n) is 16.5. The van der Waals surface area contributed by atoms with Gasteiger partial charge >= 0.3 is 0 Å². The number of hydrogen-bond donors (Lipinski definition) is 3. The summed E-state index contributed by atoms with van der Waals surface area (Å²) in [5.74, 6) is -2.44. The highest BCUT2D eigenvalue weighted by atomic mass is 16.5. The van der Waals surface area contributed by atoms with Crippen molar-refractivity contribution < 1.29 is 28.7 Å². The molecule has 2 aliphatic heterocycles. The Bertz CT molecular complexity index is 2070. The van der Waals surface area contributed by atoms with E-state index in [9.17, 15) is 28.8 Å². The van der Waals surface area contributed by atoms with Crippen LogP contribution in [0.5, 0.6) is 0 Å². The minimum Gasteiger partial charge on any atom is -0.382 e. The lowest BCUT2D eigenvalue weighted by molar-refractivity contribution is -0.136. The van der Waals surface area contributed by atoms with Gasteiger partial charge in [0, 0.05) is 38.2 Å². The van der Waals surface area contributed by atoms with Crippen molar-refractivity contribution in [3.05, 3.63) is 80.9 Å². The Morgan fingerprint density at radius 3 is 2.48 bits per heavy atom. The second-order valence-electron chi connectivity index (χ2n) is 12.3. The van der Waals surface area contributed by atoms with E-state index in [0.717, 1.165) is 27.2 Å². The number of fused-ring (bicyclic) bond motifs is 2. The van der Waals surface area contributed by atoms with Crippen LogP contribution in [0.1, 0.15) is 63.4 Å². The van der Waals surface area contributed by atoms with Crippen molar-refractivity contribution in [1.29, 1.82) is 0 Å². The Morgan fingerprint density at radius 2 is 1.72 bits per heavy atom. The van der Waals surface area contributed by atoms with Gasteiger partial charge in [-0.2, -0.15) is 10.2 Å². The molecule has 3 N–H and O–H groups in total. The van der Waals surface area contributed by atoms with Crippen molar-refractivity contribution in [1.82, 2.24) is 35.1 Å². The number of anilines is 1. The van der Waals surface area contributed by atoms with Gasteiger partial charge in [0.05, 0.1) is 46.8 Å². The highest BCUT2D eigenvalue weighted by molar-refractivity contribution is 6.25. The third kappa shape index (κ3) is 6.76. The molecule has 0 bridgehead atoms. The summed E-state index contributed by atoms with van der Waals surface area (Å²) in [4.78, 5) is 76.7. The number of benzene rings is 2. The molecule has 0 aliphatic carbocycles. The number of piperidine rings is 1. The highest BCUT2D eigenvalue weighted by Gasteiger charge is 2.45. The molecular weight excluding hydrogens is 644 g/mol. The molecule has 15 nitrogen and oxygen atoms in total. The van der Waals surface area contributed by atoms with E-state index in [0.29, 0.717) is 29.9 Å². The van der Waals surface area contributed by atoms with E-state index in [1.54, 1.807) is 16.8 Å². The summed E-state index contributed by atoms with van der Waals surface area (Å²) in [5.41, 5.74) is 4.36. The fourth-order valence-electron chi connectivity index (χ4n) is 6.34. The minimum atomic E-state index is -1.04. The van der Waals surface area contributed by atoms with E-state index in [1.165, 1.54) is 10.7 Å². The zero-order valence-electron chi connectivity index (χ0n) is 28.1. The van der Waals surface area contributed by atoms with Crippen LogP contribution in [0.25, 0.3) is 16.6 Å². The summed E-state index contributed by atoms with van der Waals surface area (Å²) in [5, 5.41) is 17.9. The van der Waals surface area contributed by atoms with Crippen LogP contribution in [0.3, 0.4) is 0 Å². The maximum Gasteiger partial charge on any atom is 0.295 e. The number of aryl methyl sites for hydroxylation is 4. The van der Waals surface area contributed by atoms with Gasteiger partial charge in [-0.15, -0.1) is 0 Å². The van der Waals surface area contributed by atoms with Crippen LogP contribution in [0.4, 0.5) is 5.69 Å². The highest BCUT2D eigenvalue weighted by Crippen LogP contribution is 2.32. The molecule has 50 heavy (non-hydrogen) atoms. The van der Waals surface area contributed by atoms with Gasteiger partial charge < -0.3 is 15.4 Å². The quantitative estimate of drug-likeness (QED) is 0.139. The zero-order chi connectivity index (χ0) is 35.5. The summed E-state index contributed by atoms with van der Waals surface area (Å²) in [7, 11) is 0. The molecule has 1 unspecified atom stereocenters. The summed E-state index contributed by atoms with van der Waals surface area (Å²) < 4.78 is 8.74. The first-order chi connectivity index (χ1) is 24.0. The topological polar surface area (TPSA) is 187 Å². The van der Waals surface area contributed by atoms with Gasteiger partial charge in [-0.1, -0.05) is 23.8 Å². The molecule has 2 aromatic carbocycles. The van der Waals surface area contributed by atoms with Gasteiger partial charge in [0.2, 0.25) is 17.7 Å². The number of rotatable bonds is 13. The third-order valence-electron chi connectivity index (χ3n) is 8.84. The largest absolute Gasteiger partial charge is 0.382 e. The lowest BCUT2D eigenvalue weighted by Crippen LogP contribution is -2.54. The molecular formula is C35H38N8O7. The van der Waals surface area contributed by atoms with Crippen molar-refractivity contribution in [2.75, 3.05) is 31.6 Å². The number of ether oxygens (including phenoxy) is 1. The fraction of sp³-hybridized carbons (Fsp3) is 0.371. The second-order valence-corrected chi connectivity index (χ2v) is 12.3. The number of hydrogen-bond acceptors (Lipinski definition) is 10. The van der Waals surface area contributed by atoms with Crippen LogP contribution in [0.15, 0.2) is 47.3 Å². The summed E-state index contributed by atoms with van der Waals surface area (Å²) in [6, 6.07) is 11.7. The molecule has 4 heterocycles. The summed E-state index contributed by atoms with van der Waals surface area (Å²) >= 11 is 0. The van der Waals surface area contributed by atoms with Crippen molar-refractivity contribution >= 4 is 46.1 Å². The average Bonchev–Trinajstić information content (AvgIpc) is 3.57. The van der Waals surface area contributed by atoms with Crippen LogP contribution in [0.2, 0.25) is 0 Å². The molecule has 1 fully saturated rings. The molecule has 5 amide bonds. The minimum absolute atomic E-state index is 0.0465. The van der Waals surface area contributed by atoms with E-state index in [2.05, 4.69) is 26.1 Å². The van der Waals surface area contributed by atoms with Gasteiger partial charge in [-0.05, 0) is 57.9 Å². The molecule has 15 heteroatoms. The molecule has 0 saturated carbocycles.